The first-order valence-electron chi connectivity index (χ1n) is 33.8. The number of carbonyl (C=O) groups is 14. The molecule has 13 amide bonds. The number of nitrogens with one attached hydrogen (secondary N) is 13. The van der Waals surface area contributed by atoms with Crippen molar-refractivity contribution in [3.63, 3.8) is 0 Å². The molecule has 24 N–H and O–H groups in total. The topological polar surface area (TPSA) is 579 Å². The number of carboxylic acids is 1. The summed E-state index contributed by atoms with van der Waals surface area (Å²) in [4.78, 5) is 200. The highest BCUT2D eigenvalue weighted by Gasteiger charge is 2.39. The van der Waals surface area contributed by atoms with Gasteiger partial charge in [-0.15, -0.1) is 0 Å². The number of hydrogen-bond donors (Lipinski definition) is 20. The van der Waals surface area contributed by atoms with Gasteiger partial charge in [-0.1, -0.05) is 59.7 Å². The molecule has 35 nitrogen and oxygen atoms in total. The van der Waals surface area contributed by atoms with E-state index >= 15 is 4.79 Å². The van der Waals surface area contributed by atoms with Crippen molar-refractivity contribution in [2.75, 3.05) is 37.7 Å². The molecule has 0 bridgehead atoms. The first-order valence-corrected chi connectivity index (χ1v) is 36.3. The van der Waals surface area contributed by atoms with Gasteiger partial charge in [0.1, 0.15) is 77.7 Å². The molecule has 105 heavy (non-hydrogen) atoms. The van der Waals surface area contributed by atoms with Crippen LogP contribution < -0.4 is 81.4 Å². The number of aliphatic carboxylic acids is 1. The predicted molar refractivity (Wildman–Crippen MR) is 382 cm³/mol. The second-order valence-electron chi connectivity index (χ2n) is 25.4. The minimum atomic E-state index is -1.81. The van der Waals surface area contributed by atoms with Gasteiger partial charge >= 0.3 is 5.97 Å². The van der Waals surface area contributed by atoms with Crippen molar-refractivity contribution >= 4 is 121 Å². The number of halogens is 1. The fraction of sp³-hybridized carbons (Fsp3) is 0.478. The van der Waals surface area contributed by atoms with Crippen molar-refractivity contribution < 1.29 is 86.8 Å². The Bertz CT molecular complexity index is 3800. The number of rotatable bonds is 24. The van der Waals surface area contributed by atoms with E-state index in [0.29, 0.717) is 23.1 Å². The van der Waals surface area contributed by atoms with Crippen molar-refractivity contribution in [1.29, 1.82) is 5.41 Å². The van der Waals surface area contributed by atoms with E-state index in [9.17, 15) is 82.0 Å². The molecule has 570 valence electrons. The lowest BCUT2D eigenvalue weighted by Gasteiger charge is -2.29. The Morgan fingerprint density at radius 3 is 1.90 bits per heavy atom. The third-order valence-electron chi connectivity index (χ3n) is 17.0. The second-order valence-corrected chi connectivity index (χ2v) is 28.0. The molecule has 2 aliphatic rings. The lowest BCUT2D eigenvalue weighted by atomic mass is 10.00. The maximum absolute atomic E-state index is 15.0. The van der Waals surface area contributed by atoms with Crippen LogP contribution in [-0.2, 0) is 86.4 Å². The number of nitrogens with two attached hydrogens (primary N) is 4. The Labute approximate surface area is 610 Å². The smallest absolute Gasteiger partial charge is 0.303 e. The van der Waals surface area contributed by atoms with E-state index < -0.39 is 217 Å². The zero-order chi connectivity index (χ0) is 77.0. The number of carbonyl (C=O) groups excluding carboxylic acids is 13. The third-order valence-corrected chi connectivity index (χ3v) is 19.4. The van der Waals surface area contributed by atoms with E-state index in [1.54, 1.807) is 13.8 Å². The summed E-state index contributed by atoms with van der Waals surface area (Å²) in [7, 11) is 1.64. The average molecular weight is 1500 g/mol. The summed E-state index contributed by atoms with van der Waals surface area (Å²) >= 11 is 0. The van der Waals surface area contributed by atoms with Crippen molar-refractivity contribution in [1.82, 2.24) is 68.4 Å². The molecule has 4 aromatic rings. The molecule has 1 aromatic heterocycles. The van der Waals surface area contributed by atoms with Gasteiger partial charge in [-0.3, -0.25) is 72.5 Å². The summed E-state index contributed by atoms with van der Waals surface area (Å²) in [5, 5.41) is 66.3. The monoisotopic (exact) mass is 1500 g/mol. The Morgan fingerprint density at radius 2 is 1.28 bits per heavy atom. The summed E-state index contributed by atoms with van der Waals surface area (Å²) in [6, 6.07) is -0.757. The van der Waals surface area contributed by atoms with E-state index in [0.717, 1.165) is 33.7 Å². The maximum Gasteiger partial charge on any atom is 0.303 e. The largest absolute Gasteiger partial charge is 0.508 e. The van der Waals surface area contributed by atoms with Crippen LogP contribution >= 0.6 is 21.6 Å². The van der Waals surface area contributed by atoms with Gasteiger partial charge in [0.15, 0.2) is 5.96 Å². The second kappa shape index (κ2) is 40.9. The summed E-state index contributed by atoms with van der Waals surface area (Å²) in [5.74, 6) is -16.8. The highest BCUT2D eigenvalue weighted by Crippen LogP contribution is 2.26. The standard InChI is InChI=1S/C67H91FN18O17S2/c1-34(2)56-66(103)82-47(28-36-9-14-40(88)15-10-36)61(98)78-43(5-3-24-75-67(72)73)58(95)74-25-22-53(90)77-44(17-19-52(70)89)59(96)80-48(29-37-31-76-42-16-11-38(68)30-41(37)42)63(100)79-45(18-20-55(92)93)60(97)83-49(57(71)94)32-104-105-33-50(64(101)85-56)84-62(99)46(27-35-7-12-39(87)13-8-35)81-65(102)51-6-4-26-86(51)54(91)21-23-69/h7-16,30-31,34,43-51,56,76,87-88H,3-6,17-29,32-33,69H2,1-2H3,(H2,70,89)(H2,71,94)(H,74,95)(H,77,90)(H,78,98)(H,79,100)(H,80,96)(H,81,102)(H,82,103)(H,83,97)(H,84,99)(H,85,101)(H,92,93)(H4,72,73,75)/t43-,44+,45-,46-,47-,48?,49-,50-,51-,56-/m0/s1. The van der Waals surface area contributed by atoms with Crippen LogP contribution in [0.1, 0.15) is 94.7 Å². The number of aromatic nitrogens is 1. The zero-order valence-corrected chi connectivity index (χ0v) is 59.4. The van der Waals surface area contributed by atoms with Crippen LogP contribution in [0.15, 0.2) is 72.9 Å². The lowest BCUT2D eigenvalue weighted by molar-refractivity contribution is -0.139. The van der Waals surface area contributed by atoms with Gasteiger partial charge in [-0.2, -0.15) is 0 Å². The number of carboxylic acid groups (broad SMARTS) is 1. The zero-order valence-electron chi connectivity index (χ0n) is 57.7. The van der Waals surface area contributed by atoms with Gasteiger partial charge < -0.3 is 107 Å². The molecule has 2 aliphatic heterocycles. The van der Waals surface area contributed by atoms with Crippen LogP contribution in [0.25, 0.3) is 10.9 Å². The fourth-order valence-corrected chi connectivity index (χ4v) is 13.7. The Kier molecular flexibility index (Phi) is 32.4. The molecule has 0 radical (unpaired) electrons. The van der Waals surface area contributed by atoms with Gasteiger partial charge in [0.05, 0.1) is 0 Å². The highest BCUT2D eigenvalue weighted by molar-refractivity contribution is 8.76. The number of likely N-dealkylation sites (tertiary alicyclic amines) is 1. The highest BCUT2D eigenvalue weighted by atomic mass is 33.1. The van der Waals surface area contributed by atoms with Crippen molar-refractivity contribution in [2.24, 2.45) is 28.9 Å². The number of guanidine groups is 1. The minimum Gasteiger partial charge on any atom is -0.508 e. The van der Waals surface area contributed by atoms with E-state index in [2.05, 4.69) is 63.5 Å². The summed E-state index contributed by atoms with van der Waals surface area (Å²) in [6.07, 6.45) is -2.03. The number of H-pyrrole nitrogens is 1. The fourth-order valence-electron chi connectivity index (χ4n) is 11.4. The van der Waals surface area contributed by atoms with E-state index in [-0.39, 0.29) is 80.6 Å². The number of amides is 13. The number of phenols is 2. The van der Waals surface area contributed by atoms with Crippen LogP contribution in [0.4, 0.5) is 4.39 Å². The molecule has 0 spiro atoms. The number of benzene rings is 3. The molecule has 2 fully saturated rings. The van der Waals surface area contributed by atoms with Crippen molar-refractivity contribution in [2.45, 2.75) is 158 Å². The number of nitrogens with zero attached hydrogens (tertiary/aromatic N) is 1. The van der Waals surface area contributed by atoms with Crippen molar-refractivity contribution in [3.8, 4) is 11.5 Å². The Hall–Kier alpha value is -10.8. The molecule has 6 rings (SSSR count). The Morgan fingerprint density at radius 1 is 0.686 bits per heavy atom. The number of aromatic amines is 1. The summed E-state index contributed by atoms with van der Waals surface area (Å²) < 4.78 is 14.8. The Balaban J connectivity index is 1.42. The average Bonchev–Trinajstić information content (AvgIpc) is 1.69. The van der Waals surface area contributed by atoms with Gasteiger partial charge in [0, 0.05) is 99.7 Å². The molecule has 0 aliphatic carbocycles. The van der Waals surface area contributed by atoms with Crippen molar-refractivity contribution in [3.05, 3.63) is 95.4 Å². The first-order chi connectivity index (χ1) is 49.9. The number of aromatic hydroxyl groups is 2. The number of primary amides is 2. The normalized spacial score (nSPS) is 22.1. The van der Waals surface area contributed by atoms with Crippen LogP contribution in [0, 0.1) is 17.1 Å². The van der Waals surface area contributed by atoms with Crippen LogP contribution in [0.5, 0.6) is 11.5 Å². The molecule has 38 heteroatoms. The van der Waals surface area contributed by atoms with Crippen LogP contribution in [-0.4, -0.2) is 212 Å². The summed E-state index contributed by atoms with van der Waals surface area (Å²) in [5.41, 5.74) is 23.9. The maximum atomic E-state index is 15.0. The number of fused-ring (bicyclic) bond motifs is 1. The van der Waals surface area contributed by atoms with E-state index in [1.807, 2.05) is 0 Å². The quantitative estimate of drug-likeness (QED) is 0.0143. The minimum absolute atomic E-state index is 0.00156. The number of phenolic OH excluding ortho intramolecular Hbond substituents is 2. The molecule has 3 aromatic carbocycles. The van der Waals surface area contributed by atoms with Gasteiger partial charge in [-0.05, 0) is 104 Å². The molecule has 10 atom stereocenters. The van der Waals surface area contributed by atoms with Gasteiger partial charge in [0.2, 0.25) is 76.8 Å². The van der Waals surface area contributed by atoms with Gasteiger partial charge in [0.25, 0.3) is 0 Å². The number of hydrogen-bond acceptors (Lipinski definition) is 20. The first kappa shape index (κ1) is 83.2. The molecule has 3 heterocycles. The van der Waals surface area contributed by atoms with E-state index in [1.165, 1.54) is 65.7 Å². The van der Waals surface area contributed by atoms with E-state index in [4.69, 9.17) is 28.3 Å². The molecular weight excluding hydrogens is 1410 g/mol. The van der Waals surface area contributed by atoms with Crippen LogP contribution in [0.2, 0.25) is 0 Å². The SMILES string of the molecule is CC(C)[C@@H]1NC(=O)[C@@H](NC(=O)[C@H](Cc2ccc(O)cc2)NC(=O)[C@@H]2CCCN2C(=O)CCN)CSSC[C@@H](C(N)=O)NC(=O)[C@H](CCC(=O)O)NC(=O)C(Cc2c[nH]c3ccc(F)cc23)NC(=O)[C@@H](CCC(N)=O)NC(=O)CCNC(=O)[C@H](CCCNC(=N)N)NC(=O)[C@H](Cc2ccc(O)cc2)NC1=O. The molecule has 2 saturated heterocycles. The predicted octanol–water partition coefficient (Wildman–Crippen LogP) is -3.11. The molecular formula is C67H91FN18O17S2. The van der Waals surface area contributed by atoms with Crippen LogP contribution in [0.3, 0.4) is 0 Å². The van der Waals surface area contributed by atoms with Gasteiger partial charge in [-0.25, -0.2) is 4.39 Å². The lowest BCUT2D eigenvalue weighted by Crippen LogP contribution is -2.61. The summed E-state index contributed by atoms with van der Waals surface area (Å²) in [6.45, 7) is 2.87. The molecule has 0 saturated carbocycles. The third kappa shape index (κ3) is 26.8. The molecule has 1 unspecified atom stereocenters.